The van der Waals surface area contributed by atoms with E-state index >= 15 is 0 Å². The second-order valence-corrected chi connectivity index (χ2v) is 5.89. The Morgan fingerprint density at radius 3 is 2.67 bits per heavy atom. The number of guanidine groups is 1. The maximum Gasteiger partial charge on any atom is 0.196 e. The van der Waals surface area contributed by atoms with Crippen LogP contribution in [0.15, 0.2) is 33.7 Å². The highest BCUT2D eigenvalue weighted by Crippen LogP contribution is 2.44. The van der Waals surface area contributed by atoms with Crippen LogP contribution >= 0.6 is 15.9 Å². The van der Waals surface area contributed by atoms with Crippen molar-refractivity contribution >= 4 is 27.6 Å². The van der Waals surface area contributed by atoms with Gasteiger partial charge in [0.2, 0.25) is 0 Å². The normalized spacial score (nSPS) is 30.4. The molecule has 0 aromatic heterocycles. The van der Waals surface area contributed by atoms with Crippen molar-refractivity contribution in [2.24, 2.45) is 10.7 Å². The van der Waals surface area contributed by atoms with Crippen molar-refractivity contribution in [3.05, 3.63) is 28.7 Å². The van der Waals surface area contributed by atoms with Crippen LogP contribution in [-0.2, 0) is 4.74 Å². The third-order valence-corrected chi connectivity index (χ3v) is 4.40. The number of nitrogens with zero attached hydrogens (tertiary/aromatic N) is 2. The van der Waals surface area contributed by atoms with Gasteiger partial charge in [-0.05, 0) is 37.1 Å². The van der Waals surface area contributed by atoms with Crippen LogP contribution in [-0.4, -0.2) is 31.3 Å². The molecule has 0 radical (unpaired) electrons. The van der Waals surface area contributed by atoms with Crippen LogP contribution < -0.4 is 10.6 Å². The highest BCUT2D eigenvalue weighted by atomic mass is 79.9. The van der Waals surface area contributed by atoms with Crippen molar-refractivity contribution in [2.75, 3.05) is 18.6 Å². The van der Waals surface area contributed by atoms with Crippen molar-refractivity contribution in [1.82, 2.24) is 0 Å². The molecule has 5 heteroatoms. The van der Waals surface area contributed by atoms with E-state index in [1.54, 1.807) is 7.11 Å². The zero-order valence-electron chi connectivity index (χ0n) is 10.3. The molecule has 2 aliphatic rings. The smallest absolute Gasteiger partial charge is 0.196 e. The van der Waals surface area contributed by atoms with E-state index in [0.29, 0.717) is 12.1 Å². The molecule has 1 spiro atoms. The summed E-state index contributed by atoms with van der Waals surface area (Å²) in [6.07, 6.45) is 2.32. The molecule has 18 heavy (non-hydrogen) atoms. The van der Waals surface area contributed by atoms with Crippen LogP contribution in [0.25, 0.3) is 0 Å². The third-order valence-electron chi connectivity index (χ3n) is 3.87. The second-order valence-electron chi connectivity index (χ2n) is 4.98. The first-order valence-corrected chi connectivity index (χ1v) is 6.82. The van der Waals surface area contributed by atoms with Gasteiger partial charge in [-0.3, -0.25) is 4.99 Å². The quantitative estimate of drug-likeness (QED) is 0.910. The first-order valence-electron chi connectivity index (χ1n) is 6.03. The van der Waals surface area contributed by atoms with E-state index in [4.69, 9.17) is 10.5 Å². The van der Waals surface area contributed by atoms with Crippen molar-refractivity contribution in [1.29, 1.82) is 0 Å². The van der Waals surface area contributed by atoms with Gasteiger partial charge in [-0.25, -0.2) is 0 Å². The molecule has 4 nitrogen and oxygen atoms in total. The number of anilines is 1. The topological polar surface area (TPSA) is 50.9 Å². The van der Waals surface area contributed by atoms with Gasteiger partial charge in [0.1, 0.15) is 0 Å². The van der Waals surface area contributed by atoms with E-state index in [0.717, 1.165) is 29.5 Å². The molecule has 1 aliphatic carbocycles. The molecule has 0 bridgehead atoms. The van der Waals surface area contributed by atoms with Crippen molar-refractivity contribution < 1.29 is 4.74 Å². The molecular formula is C13H16BrN3O. The van der Waals surface area contributed by atoms with Gasteiger partial charge >= 0.3 is 0 Å². The third kappa shape index (κ3) is 1.73. The Labute approximate surface area is 115 Å². The summed E-state index contributed by atoms with van der Waals surface area (Å²) in [5, 5.41) is 0. The standard InChI is InChI=1S/C13H16BrN3O/c1-18-11-6-13(7-11)8-16-12(15)17(13)10-4-2-9(14)3-5-10/h2-5,11H,6-8H2,1H3,(H2,15,16). The number of ether oxygens (including phenoxy) is 1. The molecular weight excluding hydrogens is 294 g/mol. The average molecular weight is 310 g/mol. The minimum atomic E-state index is 0.0403. The van der Waals surface area contributed by atoms with Crippen LogP contribution in [0.3, 0.4) is 0 Å². The van der Waals surface area contributed by atoms with E-state index in [9.17, 15) is 0 Å². The summed E-state index contributed by atoms with van der Waals surface area (Å²) in [7, 11) is 1.76. The van der Waals surface area contributed by atoms with Gasteiger partial charge in [-0.15, -0.1) is 0 Å². The van der Waals surface area contributed by atoms with Gasteiger partial charge in [0.25, 0.3) is 0 Å². The first kappa shape index (κ1) is 12.0. The lowest BCUT2D eigenvalue weighted by atomic mass is 9.73. The van der Waals surface area contributed by atoms with Crippen molar-refractivity contribution in [3.63, 3.8) is 0 Å². The molecule has 96 valence electrons. The minimum Gasteiger partial charge on any atom is -0.381 e. The van der Waals surface area contributed by atoms with Crippen LogP contribution in [0, 0.1) is 0 Å². The van der Waals surface area contributed by atoms with Gasteiger partial charge in [-0.2, -0.15) is 0 Å². The largest absolute Gasteiger partial charge is 0.381 e. The Morgan fingerprint density at radius 2 is 2.06 bits per heavy atom. The van der Waals surface area contributed by atoms with Gasteiger partial charge in [0.05, 0.1) is 18.2 Å². The Kier molecular flexibility index (Phi) is 2.83. The van der Waals surface area contributed by atoms with Crippen LogP contribution in [0.5, 0.6) is 0 Å². The number of halogens is 1. The Hall–Kier alpha value is -1.07. The van der Waals surface area contributed by atoms with Crippen LogP contribution in [0.1, 0.15) is 12.8 Å². The zero-order valence-corrected chi connectivity index (χ0v) is 11.9. The summed E-state index contributed by atoms with van der Waals surface area (Å²) in [5.74, 6) is 0.617. The highest BCUT2D eigenvalue weighted by Gasteiger charge is 2.53. The van der Waals surface area contributed by atoms with E-state index < -0.39 is 0 Å². The van der Waals surface area contributed by atoms with Gasteiger partial charge in [0, 0.05) is 17.3 Å². The van der Waals surface area contributed by atoms with Crippen LogP contribution in [0.4, 0.5) is 5.69 Å². The van der Waals surface area contributed by atoms with Crippen molar-refractivity contribution in [3.8, 4) is 0 Å². The monoisotopic (exact) mass is 309 g/mol. The first-order chi connectivity index (χ1) is 8.64. The van der Waals surface area contributed by atoms with Crippen LogP contribution in [0.2, 0.25) is 0 Å². The molecule has 0 amide bonds. The lowest BCUT2D eigenvalue weighted by Crippen LogP contribution is -2.61. The maximum atomic E-state index is 6.04. The van der Waals surface area contributed by atoms with Gasteiger partial charge < -0.3 is 15.4 Å². The van der Waals surface area contributed by atoms with E-state index in [-0.39, 0.29) is 5.54 Å². The van der Waals surface area contributed by atoms with E-state index in [1.807, 2.05) is 12.1 Å². The predicted molar refractivity (Wildman–Crippen MR) is 75.9 cm³/mol. The molecule has 0 saturated heterocycles. The molecule has 0 unspecified atom stereocenters. The molecule has 1 aromatic carbocycles. The second kappa shape index (κ2) is 4.24. The molecule has 1 aromatic rings. The molecule has 1 heterocycles. The summed E-state index contributed by atoms with van der Waals surface area (Å²) in [6, 6.07) is 8.20. The number of nitrogens with two attached hydrogens (primary N) is 1. The van der Waals surface area contributed by atoms with E-state index in [2.05, 4.69) is 38.0 Å². The lowest BCUT2D eigenvalue weighted by molar-refractivity contribution is -0.00652. The maximum absolute atomic E-state index is 6.04. The number of methoxy groups -OCH3 is 1. The van der Waals surface area contributed by atoms with Crippen molar-refractivity contribution in [2.45, 2.75) is 24.5 Å². The number of hydrogen-bond acceptors (Lipinski definition) is 4. The molecule has 3 rings (SSSR count). The number of aliphatic imine (C=N–C) groups is 1. The predicted octanol–water partition coefficient (Wildman–Crippen LogP) is 2.13. The fourth-order valence-electron chi connectivity index (χ4n) is 2.88. The summed E-state index contributed by atoms with van der Waals surface area (Å²) in [4.78, 5) is 6.58. The lowest BCUT2D eigenvalue weighted by Gasteiger charge is -2.50. The van der Waals surface area contributed by atoms with Gasteiger partial charge in [0.15, 0.2) is 5.96 Å². The average Bonchev–Trinajstić information content (AvgIpc) is 2.66. The Bertz CT molecular complexity index is 480. The molecule has 1 aliphatic heterocycles. The summed E-state index contributed by atoms with van der Waals surface area (Å²) in [6.45, 7) is 0.773. The molecule has 0 atom stereocenters. The number of rotatable bonds is 2. The Morgan fingerprint density at radius 1 is 1.39 bits per heavy atom. The SMILES string of the molecule is COC1CC2(CN=C(N)N2c2ccc(Br)cc2)C1. The molecule has 2 N–H and O–H groups in total. The van der Waals surface area contributed by atoms with Gasteiger partial charge in [-0.1, -0.05) is 15.9 Å². The zero-order chi connectivity index (χ0) is 12.8. The fraction of sp³-hybridized carbons (Fsp3) is 0.462. The van der Waals surface area contributed by atoms with E-state index in [1.165, 1.54) is 0 Å². The molecule has 1 fully saturated rings. The number of benzene rings is 1. The number of hydrogen-bond donors (Lipinski definition) is 1. The summed E-state index contributed by atoms with van der Waals surface area (Å²) >= 11 is 3.45. The Balaban J connectivity index is 1.89. The summed E-state index contributed by atoms with van der Waals surface area (Å²) < 4.78 is 6.45. The highest BCUT2D eigenvalue weighted by molar-refractivity contribution is 9.10. The minimum absolute atomic E-state index is 0.0403. The molecule has 1 saturated carbocycles. The summed E-state index contributed by atoms with van der Waals surface area (Å²) in [5.41, 5.74) is 7.19. The fourth-order valence-corrected chi connectivity index (χ4v) is 3.14.